The van der Waals surface area contributed by atoms with Crippen LogP contribution >= 0.6 is 0 Å². The molecule has 0 bridgehead atoms. The second-order valence-electron chi connectivity index (χ2n) is 5.42. The van der Waals surface area contributed by atoms with Crippen LogP contribution in [0.4, 0.5) is 0 Å². The molecule has 0 atom stereocenters. The minimum Gasteiger partial charge on any atom is -0.494 e. The van der Waals surface area contributed by atoms with E-state index in [0.29, 0.717) is 17.7 Å². The molecule has 0 saturated heterocycles. The van der Waals surface area contributed by atoms with Crippen molar-refractivity contribution < 1.29 is 17.7 Å². The number of rotatable bonds is 6. The Labute approximate surface area is 140 Å². The van der Waals surface area contributed by atoms with Crippen LogP contribution < -0.4 is 4.74 Å². The number of benzene rings is 2. The van der Waals surface area contributed by atoms with Gasteiger partial charge < -0.3 is 4.74 Å². The van der Waals surface area contributed by atoms with Crippen molar-refractivity contribution in [1.82, 2.24) is 4.98 Å². The average molecular weight is 343 g/mol. The fraction of sp³-hybridized carbons (Fsp3) is 0.167. The molecule has 6 heteroatoms. The van der Waals surface area contributed by atoms with Crippen LogP contribution in [0.25, 0.3) is 10.8 Å². The second kappa shape index (κ2) is 6.98. The van der Waals surface area contributed by atoms with Crippen molar-refractivity contribution in [3.63, 3.8) is 0 Å². The van der Waals surface area contributed by atoms with Gasteiger partial charge in [0, 0.05) is 17.8 Å². The summed E-state index contributed by atoms with van der Waals surface area (Å²) in [6.07, 6.45) is 5.24. The molecule has 5 nitrogen and oxygen atoms in total. The molecule has 124 valence electrons. The minimum absolute atomic E-state index is 0.109. The van der Waals surface area contributed by atoms with E-state index in [2.05, 4.69) is 4.98 Å². The molecule has 0 amide bonds. The quantitative estimate of drug-likeness (QED) is 0.548. The van der Waals surface area contributed by atoms with Crippen molar-refractivity contribution in [2.24, 2.45) is 0 Å². The highest BCUT2D eigenvalue weighted by atomic mass is 32.2. The zero-order valence-electron chi connectivity index (χ0n) is 12.9. The number of aryl methyl sites for hydroxylation is 1. The van der Waals surface area contributed by atoms with Gasteiger partial charge in [-0.15, -0.1) is 0 Å². The summed E-state index contributed by atoms with van der Waals surface area (Å²) in [6, 6.07) is 13.9. The lowest BCUT2D eigenvalue weighted by Gasteiger charge is -2.09. The first-order chi connectivity index (χ1) is 11.5. The average Bonchev–Trinajstić information content (AvgIpc) is 2.58. The lowest BCUT2D eigenvalue weighted by Crippen LogP contribution is -2.01. The van der Waals surface area contributed by atoms with E-state index in [9.17, 15) is 13.0 Å². The van der Waals surface area contributed by atoms with Gasteiger partial charge in [-0.25, -0.2) is 0 Å². The summed E-state index contributed by atoms with van der Waals surface area (Å²) in [5.74, 6) is 0.577. The molecule has 0 aliphatic carbocycles. The number of aromatic nitrogens is 1. The molecule has 2 aromatic carbocycles. The highest BCUT2D eigenvalue weighted by Gasteiger charge is 2.14. The number of fused-ring (bicyclic) bond motifs is 1. The van der Waals surface area contributed by atoms with Gasteiger partial charge in [0.1, 0.15) is 10.6 Å². The summed E-state index contributed by atoms with van der Waals surface area (Å²) in [7, 11) is -4.27. The highest BCUT2D eigenvalue weighted by molar-refractivity contribution is 7.86. The van der Waals surface area contributed by atoms with Gasteiger partial charge in [0.05, 0.1) is 6.61 Å². The van der Waals surface area contributed by atoms with Crippen molar-refractivity contribution in [3.05, 3.63) is 66.5 Å². The number of ether oxygens (including phenoxy) is 1. The Bertz CT molecular complexity index is 940. The fourth-order valence-corrected chi connectivity index (χ4v) is 3.26. The molecule has 0 aliphatic rings. The summed E-state index contributed by atoms with van der Waals surface area (Å²) in [4.78, 5) is 3.87. The predicted molar refractivity (Wildman–Crippen MR) is 91.8 cm³/mol. The van der Waals surface area contributed by atoms with E-state index in [1.165, 1.54) is 11.6 Å². The summed E-state index contributed by atoms with van der Waals surface area (Å²) < 4.78 is 38.0. The van der Waals surface area contributed by atoms with Gasteiger partial charge in [-0.1, -0.05) is 18.2 Å². The Balaban J connectivity index is 1.71. The van der Waals surface area contributed by atoms with Gasteiger partial charge in [-0.05, 0) is 54.1 Å². The Morgan fingerprint density at radius 2 is 1.83 bits per heavy atom. The molecule has 0 aliphatic heterocycles. The largest absolute Gasteiger partial charge is 0.494 e. The summed E-state index contributed by atoms with van der Waals surface area (Å²) in [5, 5.41) is 1.18. The zero-order valence-corrected chi connectivity index (χ0v) is 13.7. The molecule has 0 unspecified atom stereocenters. The molecule has 0 saturated carbocycles. The smallest absolute Gasteiger partial charge is 0.295 e. The first kappa shape index (κ1) is 16.4. The third-order valence-corrected chi connectivity index (χ3v) is 4.63. The van der Waals surface area contributed by atoms with E-state index in [1.54, 1.807) is 42.7 Å². The first-order valence-corrected chi connectivity index (χ1v) is 9.00. The Kier molecular flexibility index (Phi) is 4.78. The van der Waals surface area contributed by atoms with Crippen LogP contribution in [0.15, 0.2) is 65.8 Å². The van der Waals surface area contributed by atoms with E-state index < -0.39 is 10.1 Å². The lowest BCUT2D eigenvalue weighted by atomic mass is 10.1. The van der Waals surface area contributed by atoms with Crippen LogP contribution in [-0.4, -0.2) is 24.6 Å². The SMILES string of the molecule is O=S(=O)(O)c1cccc2ccc(OCCCc3ccncc3)cc12. The number of hydrogen-bond acceptors (Lipinski definition) is 4. The Morgan fingerprint density at radius 3 is 2.58 bits per heavy atom. The lowest BCUT2D eigenvalue weighted by molar-refractivity contribution is 0.311. The number of hydrogen-bond donors (Lipinski definition) is 1. The molecular weight excluding hydrogens is 326 g/mol. The standard InChI is InChI=1S/C18H17NO4S/c20-24(21,22)18-5-1-4-15-6-7-16(13-17(15)18)23-12-2-3-14-8-10-19-11-9-14/h1,4-11,13H,2-3,12H2,(H,20,21,22). The predicted octanol–water partition coefficient (Wildman–Crippen LogP) is 3.49. The third-order valence-electron chi connectivity index (χ3n) is 3.72. The van der Waals surface area contributed by atoms with Crippen LogP contribution in [0.2, 0.25) is 0 Å². The molecular formula is C18H17NO4S. The van der Waals surface area contributed by atoms with Gasteiger partial charge >= 0.3 is 0 Å². The van der Waals surface area contributed by atoms with Crippen LogP contribution in [-0.2, 0) is 16.5 Å². The van der Waals surface area contributed by atoms with E-state index in [0.717, 1.165) is 18.2 Å². The monoisotopic (exact) mass is 343 g/mol. The minimum atomic E-state index is -4.27. The van der Waals surface area contributed by atoms with Crippen molar-refractivity contribution in [1.29, 1.82) is 0 Å². The van der Waals surface area contributed by atoms with Gasteiger partial charge in [0.2, 0.25) is 0 Å². The summed E-state index contributed by atoms with van der Waals surface area (Å²) >= 11 is 0. The van der Waals surface area contributed by atoms with Crippen molar-refractivity contribution in [2.45, 2.75) is 17.7 Å². The maximum atomic E-state index is 11.5. The van der Waals surface area contributed by atoms with E-state index in [-0.39, 0.29) is 4.90 Å². The normalized spacial score (nSPS) is 11.5. The van der Waals surface area contributed by atoms with Crippen molar-refractivity contribution in [3.8, 4) is 5.75 Å². The molecule has 1 aromatic heterocycles. The molecule has 1 N–H and O–H groups in total. The molecule has 24 heavy (non-hydrogen) atoms. The Morgan fingerprint density at radius 1 is 1.04 bits per heavy atom. The van der Waals surface area contributed by atoms with Crippen LogP contribution in [0, 0.1) is 0 Å². The summed E-state index contributed by atoms with van der Waals surface area (Å²) in [5.41, 5.74) is 1.20. The molecule has 1 heterocycles. The maximum Gasteiger partial charge on any atom is 0.295 e. The fourth-order valence-electron chi connectivity index (χ4n) is 2.55. The first-order valence-electron chi connectivity index (χ1n) is 7.56. The molecule has 0 fully saturated rings. The molecule has 3 aromatic rings. The van der Waals surface area contributed by atoms with Crippen molar-refractivity contribution >= 4 is 20.9 Å². The molecule has 0 radical (unpaired) electrons. The molecule has 3 rings (SSSR count). The number of pyridine rings is 1. The molecule has 0 spiro atoms. The van der Waals surface area contributed by atoms with Gasteiger partial charge in [0.25, 0.3) is 10.1 Å². The van der Waals surface area contributed by atoms with E-state index in [4.69, 9.17) is 4.74 Å². The van der Waals surface area contributed by atoms with Gasteiger partial charge in [-0.3, -0.25) is 9.54 Å². The number of nitrogens with zero attached hydrogens (tertiary/aromatic N) is 1. The van der Waals surface area contributed by atoms with Gasteiger partial charge in [-0.2, -0.15) is 8.42 Å². The summed E-state index contributed by atoms with van der Waals surface area (Å²) in [6.45, 7) is 0.516. The van der Waals surface area contributed by atoms with Crippen LogP contribution in [0.1, 0.15) is 12.0 Å². The third kappa shape index (κ3) is 3.90. The van der Waals surface area contributed by atoms with Crippen LogP contribution in [0.3, 0.4) is 0 Å². The Hall–Kier alpha value is -2.44. The maximum absolute atomic E-state index is 11.5. The van der Waals surface area contributed by atoms with Gasteiger partial charge in [0.15, 0.2) is 0 Å². The van der Waals surface area contributed by atoms with Crippen LogP contribution in [0.5, 0.6) is 5.75 Å². The van der Waals surface area contributed by atoms with E-state index in [1.807, 2.05) is 12.1 Å². The van der Waals surface area contributed by atoms with E-state index >= 15 is 0 Å². The zero-order chi connectivity index (χ0) is 17.0. The second-order valence-corrected chi connectivity index (χ2v) is 6.81. The van der Waals surface area contributed by atoms with Crippen molar-refractivity contribution in [2.75, 3.05) is 6.61 Å². The topological polar surface area (TPSA) is 76.5 Å². The highest BCUT2D eigenvalue weighted by Crippen LogP contribution is 2.27.